The molecule has 0 unspecified atom stereocenters. The number of aliphatic hydroxyl groups excluding tert-OH is 1. The molecule has 0 saturated heterocycles. The third-order valence-corrected chi connectivity index (χ3v) is 5.32. The number of nitrogens with zero attached hydrogens (tertiary/aromatic N) is 2. The molecule has 2 aromatic rings. The highest BCUT2D eigenvalue weighted by molar-refractivity contribution is 7.73. The zero-order valence-corrected chi connectivity index (χ0v) is 17.7. The second-order valence-corrected chi connectivity index (χ2v) is 7.67. The molecule has 1 aliphatic carbocycles. The molecule has 8 heteroatoms. The lowest BCUT2D eigenvalue weighted by molar-refractivity contribution is 0.183. The monoisotopic (exact) mass is 428 g/mol. The quantitative estimate of drug-likeness (QED) is 0.755. The number of ether oxygens (including phenoxy) is 2. The van der Waals surface area contributed by atoms with Crippen LogP contribution in [0.2, 0.25) is 0 Å². The fraction of sp³-hybridized carbons (Fsp3) is 0.318. The summed E-state index contributed by atoms with van der Waals surface area (Å²) in [5.41, 5.74) is 2.51. The number of aliphatic imine (C=N–C) groups is 2. The molecule has 1 heterocycles. The maximum Gasteiger partial charge on any atom is 0.277 e. The summed E-state index contributed by atoms with van der Waals surface area (Å²) in [6, 6.07) is 14.4. The smallest absolute Gasteiger partial charge is 0.277 e. The van der Waals surface area contributed by atoms with Crippen LogP contribution in [-0.4, -0.2) is 50.4 Å². The Balaban J connectivity index is 0.000000367. The van der Waals surface area contributed by atoms with Crippen molar-refractivity contribution in [1.29, 1.82) is 0 Å². The van der Waals surface area contributed by atoms with E-state index >= 15 is 0 Å². The predicted octanol–water partition coefficient (Wildman–Crippen LogP) is 2.88. The second kappa shape index (κ2) is 10.2. The standard InChI is InChI=1S/C17H14N2O4S.C5H10O/c1-22-13-7-3-11(4-8-13)15-16(19-17(18-15)24(20)21)12-5-9-14(23-2)10-6-12;6-5-3-1-2-4-5/h3-10H,1-2H3;5-6H,1-4H2. The molecule has 0 radical (unpaired) electrons. The Morgan fingerprint density at radius 1 is 0.800 bits per heavy atom. The van der Waals surface area contributed by atoms with Gasteiger partial charge in [0.25, 0.3) is 15.4 Å². The van der Waals surface area contributed by atoms with Gasteiger partial charge < -0.3 is 14.6 Å². The van der Waals surface area contributed by atoms with Crippen LogP contribution < -0.4 is 9.47 Å². The Hall–Kier alpha value is -2.97. The van der Waals surface area contributed by atoms with Crippen LogP contribution in [0.1, 0.15) is 36.8 Å². The van der Waals surface area contributed by atoms with Crippen LogP contribution in [0.5, 0.6) is 11.5 Å². The molecule has 1 saturated carbocycles. The zero-order chi connectivity index (χ0) is 21.5. The van der Waals surface area contributed by atoms with Gasteiger partial charge in [-0.05, 0) is 61.4 Å². The van der Waals surface area contributed by atoms with Crippen molar-refractivity contribution in [3.8, 4) is 11.5 Å². The third kappa shape index (κ3) is 5.34. The van der Waals surface area contributed by atoms with Gasteiger partial charge in [0.05, 0.1) is 20.3 Å². The molecule has 1 fully saturated rings. The third-order valence-electron chi connectivity index (χ3n) is 4.84. The average molecular weight is 429 g/mol. The van der Waals surface area contributed by atoms with Crippen molar-refractivity contribution in [3.63, 3.8) is 0 Å². The summed E-state index contributed by atoms with van der Waals surface area (Å²) in [5.74, 6) is 1.41. The highest BCUT2D eigenvalue weighted by Gasteiger charge is 2.22. The van der Waals surface area contributed by atoms with Crippen molar-refractivity contribution in [1.82, 2.24) is 0 Å². The fourth-order valence-electron chi connectivity index (χ4n) is 3.20. The van der Waals surface area contributed by atoms with Gasteiger partial charge in [0.1, 0.15) is 22.9 Å². The summed E-state index contributed by atoms with van der Waals surface area (Å²) in [6.07, 6.45) is 4.60. The number of hydrogen-bond acceptors (Lipinski definition) is 5. The van der Waals surface area contributed by atoms with Gasteiger partial charge in [-0.15, -0.1) is 0 Å². The van der Waals surface area contributed by atoms with Crippen LogP contribution in [0.15, 0.2) is 58.5 Å². The molecule has 158 valence electrons. The van der Waals surface area contributed by atoms with Gasteiger partial charge in [0.15, 0.2) is 0 Å². The lowest BCUT2D eigenvalue weighted by Gasteiger charge is -2.07. The summed E-state index contributed by atoms with van der Waals surface area (Å²) in [7, 11) is 0.665. The highest BCUT2D eigenvalue weighted by Crippen LogP contribution is 2.20. The van der Waals surface area contributed by atoms with Crippen LogP contribution in [0.4, 0.5) is 0 Å². The first-order chi connectivity index (χ1) is 14.5. The first-order valence-electron chi connectivity index (χ1n) is 9.62. The lowest BCUT2D eigenvalue weighted by Crippen LogP contribution is -2.13. The first-order valence-corrected chi connectivity index (χ1v) is 10.7. The van der Waals surface area contributed by atoms with Gasteiger partial charge in [-0.3, -0.25) is 0 Å². The fourth-order valence-corrected chi connectivity index (χ4v) is 3.53. The molecule has 1 aliphatic heterocycles. The van der Waals surface area contributed by atoms with E-state index < -0.39 is 10.3 Å². The van der Waals surface area contributed by atoms with Crippen LogP contribution in [0.3, 0.4) is 0 Å². The maximum absolute atomic E-state index is 11.3. The van der Waals surface area contributed by atoms with Crippen LogP contribution in [-0.2, 0) is 10.3 Å². The molecule has 7 nitrogen and oxygen atoms in total. The zero-order valence-electron chi connectivity index (χ0n) is 16.9. The van der Waals surface area contributed by atoms with Gasteiger partial charge in [0.2, 0.25) is 0 Å². The van der Waals surface area contributed by atoms with E-state index in [0.717, 1.165) is 24.0 Å². The summed E-state index contributed by atoms with van der Waals surface area (Å²) in [5, 5.41) is 8.50. The Morgan fingerprint density at radius 2 is 1.20 bits per heavy atom. The van der Waals surface area contributed by atoms with Crippen molar-refractivity contribution < 1.29 is 23.0 Å². The van der Waals surface area contributed by atoms with Gasteiger partial charge in [-0.25, -0.2) is 9.98 Å². The normalized spacial score (nSPS) is 15.8. The van der Waals surface area contributed by atoms with Crippen molar-refractivity contribution in [2.24, 2.45) is 9.98 Å². The van der Waals surface area contributed by atoms with E-state index in [-0.39, 0.29) is 11.2 Å². The van der Waals surface area contributed by atoms with Crippen molar-refractivity contribution in [2.45, 2.75) is 31.8 Å². The Morgan fingerprint density at radius 3 is 1.47 bits per heavy atom. The van der Waals surface area contributed by atoms with E-state index in [1.165, 1.54) is 12.8 Å². The molecule has 30 heavy (non-hydrogen) atoms. The van der Waals surface area contributed by atoms with Gasteiger partial charge in [-0.2, -0.15) is 8.42 Å². The topological polar surface area (TPSA) is 97.6 Å². The van der Waals surface area contributed by atoms with Gasteiger partial charge in [-0.1, -0.05) is 12.8 Å². The maximum atomic E-state index is 11.3. The average Bonchev–Trinajstić information content (AvgIpc) is 3.44. The lowest BCUT2D eigenvalue weighted by atomic mass is 10.00. The van der Waals surface area contributed by atoms with E-state index in [1.807, 2.05) is 24.3 Å². The Kier molecular flexibility index (Phi) is 7.37. The molecule has 1 N–H and O–H groups in total. The van der Waals surface area contributed by atoms with E-state index in [2.05, 4.69) is 9.98 Å². The molecular weight excluding hydrogens is 404 g/mol. The molecular formula is C22H24N2O5S. The highest BCUT2D eigenvalue weighted by atomic mass is 32.2. The van der Waals surface area contributed by atoms with Crippen molar-refractivity contribution >= 4 is 26.8 Å². The minimum absolute atomic E-state index is 0.0463. The molecule has 0 spiro atoms. The first kappa shape index (κ1) is 21.7. The molecule has 0 amide bonds. The largest absolute Gasteiger partial charge is 0.497 e. The molecule has 0 atom stereocenters. The van der Waals surface area contributed by atoms with Crippen LogP contribution in [0, 0.1) is 0 Å². The van der Waals surface area contributed by atoms with Crippen LogP contribution >= 0.6 is 0 Å². The molecule has 0 bridgehead atoms. The van der Waals surface area contributed by atoms with Crippen LogP contribution in [0.25, 0.3) is 0 Å². The number of aliphatic hydroxyl groups is 1. The molecule has 4 rings (SSSR count). The van der Waals surface area contributed by atoms with E-state index in [0.29, 0.717) is 22.9 Å². The van der Waals surface area contributed by atoms with Crippen molar-refractivity contribution in [3.05, 3.63) is 59.7 Å². The Bertz CT molecular complexity index is 992. The van der Waals surface area contributed by atoms with E-state index in [4.69, 9.17) is 14.6 Å². The minimum Gasteiger partial charge on any atom is -0.497 e. The summed E-state index contributed by atoms with van der Waals surface area (Å²) < 4.78 is 32.8. The van der Waals surface area contributed by atoms with E-state index in [1.54, 1.807) is 38.5 Å². The number of methoxy groups -OCH3 is 2. The predicted molar refractivity (Wildman–Crippen MR) is 117 cm³/mol. The van der Waals surface area contributed by atoms with Gasteiger partial charge >= 0.3 is 0 Å². The molecule has 2 aliphatic rings. The second-order valence-electron chi connectivity index (χ2n) is 6.83. The number of benzene rings is 2. The summed E-state index contributed by atoms with van der Waals surface area (Å²) in [6.45, 7) is 0. The SMILES string of the molecule is COc1ccc(C2=NC(=S(=O)=O)N=C2c2ccc(OC)cc2)cc1.OC1CCCC1. The number of hydrogen-bond donors (Lipinski definition) is 1. The minimum atomic E-state index is -2.50. The van der Waals surface area contributed by atoms with Crippen molar-refractivity contribution in [2.75, 3.05) is 14.2 Å². The molecule has 2 aromatic carbocycles. The Labute approximate surface area is 177 Å². The number of rotatable bonds is 4. The summed E-state index contributed by atoms with van der Waals surface area (Å²) >= 11 is 0. The molecule has 0 aromatic heterocycles. The van der Waals surface area contributed by atoms with Gasteiger partial charge in [0, 0.05) is 11.1 Å². The summed E-state index contributed by atoms with van der Waals surface area (Å²) in [4.78, 5) is 8.32. The van der Waals surface area contributed by atoms with E-state index in [9.17, 15) is 8.42 Å².